The number of nitrogens with zero attached hydrogens (tertiary/aromatic N) is 1. The Kier molecular flexibility index (Phi) is 2.27. The van der Waals surface area contributed by atoms with Crippen LogP contribution in [0.4, 0.5) is 0 Å². The van der Waals surface area contributed by atoms with E-state index in [-0.39, 0.29) is 18.5 Å². The lowest BCUT2D eigenvalue weighted by Gasteiger charge is -2.26. The Morgan fingerprint density at radius 3 is 3.14 bits per heavy atom. The average Bonchev–Trinajstić information content (AvgIpc) is 2.43. The maximum Gasteiger partial charge on any atom is 0.237 e. The standard InChI is InChI=1S/C10H14N2O2/c11-9(13)6-12-8-4-2-1-3-7(8)5-10(12)14/h2,4,7-8H,1,3,5-6H2,(H2,11,13)/t7-,8-/m1/s1. The molecule has 0 bridgehead atoms. The predicted molar refractivity (Wildman–Crippen MR) is 51.2 cm³/mol. The molecule has 0 spiro atoms. The highest BCUT2D eigenvalue weighted by molar-refractivity contribution is 5.86. The zero-order valence-electron chi connectivity index (χ0n) is 7.98. The van der Waals surface area contributed by atoms with E-state index in [1.54, 1.807) is 4.90 Å². The summed E-state index contributed by atoms with van der Waals surface area (Å²) < 4.78 is 0. The molecule has 2 N–H and O–H groups in total. The summed E-state index contributed by atoms with van der Waals surface area (Å²) in [7, 11) is 0. The topological polar surface area (TPSA) is 63.4 Å². The average molecular weight is 194 g/mol. The van der Waals surface area contributed by atoms with Gasteiger partial charge in [-0.3, -0.25) is 9.59 Å². The summed E-state index contributed by atoms with van der Waals surface area (Å²) in [4.78, 5) is 23.9. The molecule has 4 heteroatoms. The fourth-order valence-electron chi connectivity index (χ4n) is 2.32. The summed E-state index contributed by atoms with van der Waals surface area (Å²) in [5, 5.41) is 0. The van der Waals surface area contributed by atoms with Gasteiger partial charge in [0.1, 0.15) is 0 Å². The van der Waals surface area contributed by atoms with Crippen LogP contribution in [-0.4, -0.2) is 29.3 Å². The van der Waals surface area contributed by atoms with Crippen LogP contribution in [0, 0.1) is 5.92 Å². The molecule has 0 unspecified atom stereocenters. The highest BCUT2D eigenvalue weighted by atomic mass is 16.2. The smallest absolute Gasteiger partial charge is 0.237 e. The molecule has 0 aromatic carbocycles. The Bertz CT molecular complexity index is 298. The fraction of sp³-hybridized carbons (Fsp3) is 0.600. The SMILES string of the molecule is NC(=O)CN1C(=O)C[C@H]2CCC=C[C@H]21. The summed E-state index contributed by atoms with van der Waals surface area (Å²) in [6.07, 6.45) is 6.76. The predicted octanol–water partition coefficient (Wildman–Crippen LogP) is 0.0388. The van der Waals surface area contributed by atoms with E-state index in [0.717, 1.165) is 12.8 Å². The molecule has 14 heavy (non-hydrogen) atoms. The van der Waals surface area contributed by atoms with Crippen LogP contribution in [0.3, 0.4) is 0 Å². The molecule has 0 saturated carbocycles. The Morgan fingerprint density at radius 1 is 1.64 bits per heavy atom. The minimum absolute atomic E-state index is 0.0599. The van der Waals surface area contributed by atoms with Gasteiger partial charge in [-0.1, -0.05) is 12.2 Å². The monoisotopic (exact) mass is 194 g/mol. The van der Waals surface area contributed by atoms with Gasteiger partial charge in [-0.05, 0) is 18.8 Å². The van der Waals surface area contributed by atoms with Gasteiger partial charge in [0.05, 0.1) is 12.6 Å². The molecule has 2 amide bonds. The van der Waals surface area contributed by atoms with Crippen molar-refractivity contribution in [3.8, 4) is 0 Å². The quantitative estimate of drug-likeness (QED) is 0.631. The van der Waals surface area contributed by atoms with Gasteiger partial charge in [0.2, 0.25) is 11.8 Å². The number of amides is 2. The van der Waals surface area contributed by atoms with Crippen LogP contribution in [0.1, 0.15) is 19.3 Å². The number of fused-ring (bicyclic) bond motifs is 1. The van der Waals surface area contributed by atoms with Gasteiger partial charge < -0.3 is 10.6 Å². The highest BCUT2D eigenvalue weighted by Crippen LogP contribution is 2.32. The number of hydrogen-bond donors (Lipinski definition) is 1. The number of carbonyl (C=O) groups excluding carboxylic acids is 2. The lowest BCUT2D eigenvalue weighted by atomic mass is 9.90. The van der Waals surface area contributed by atoms with Crippen molar-refractivity contribution in [1.29, 1.82) is 0 Å². The summed E-state index contributed by atoms with van der Waals surface area (Å²) in [5.41, 5.74) is 5.10. The second-order valence-corrected chi connectivity index (χ2v) is 3.95. The summed E-state index contributed by atoms with van der Waals surface area (Å²) in [5.74, 6) is 0.0233. The van der Waals surface area contributed by atoms with E-state index in [1.807, 2.05) is 6.08 Å². The van der Waals surface area contributed by atoms with Crippen LogP contribution >= 0.6 is 0 Å². The lowest BCUT2D eigenvalue weighted by Crippen LogP contribution is -2.40. The van der Waals surface area contributed by atoms with Crippen LogP contribution in [0.5, 0.6) is 0 Å². The molecule has 2 aliphatic rings. The summed E-state index contributed by atoms with van der Waals surface area (Å²) in [6, 6.07) is 0.115. The van der Waals surface area contributed by atoms with Crippen molar-refractivity contribution in [2.24, 2.45) is 11.7 Å². The van der Waals surface area contributed by atoms with E-state index in [4.69, 9.17) is 5.73 Å². The first-order valence-corrected chi connectivity index (χ1v) is 4.93. The summed E-state index contributed by atoms with van der Waals surface area (Å²) in [6.45, 7) is 0.0599. The van der Waals surface area contributed by atoms with Gasteiger partial charge in [-0.2, -0.15) is 0 Å². The van der Waals surface area contributed by atoms with E-state index >= 15 is 0 Å². The Morgan fingerprint density at radius 2 is 2.43 bits per heavy atom. The Labute approximate surface area is 82.7 Å². The second kappa shape index (κ2) is 3.44. The first kappa shape index (κ1) is 9.24. The number of hydrogen-bond acceptors (Lipinski definition) is 2. The van der Waals surface area contributed by atoms with Crippen molar-refractivity contribution in [1.82, 2.24) is 4.90 Å². The molecular formula is C10H14N2O2. The van der Waals surface area contributed by atoms with Crippen LogP contribution in [-0.2, 0) is 9.59 Å². The molecule has 76 valence electrons. The van der Waals surface area contributed by atoms with Gasteiger partial charge in [-0.15, -0.1) is 0 Å². The third kappa shape index (κ3) is 1.52. The van der Waals surface area contributed by atoms with E-state index < -0.39 is 5.91 Å². The van der Waals surface area contributed by atoms with Gasteiger partial charge in [0.15, 0.2) is 0 Å². The minimum Gasteiger partial charge on any atom is -0.368 e. The van der Waals surface area contributed by atoms with E-state index in [9.17, 15) is 9.59 Å². The Hall–Kier alpha value is -1.32. The van der Waals surface area contributed by atoms with E-state index in [2.05, 4.69) is 6.08 Å². The molecule has 0 radical (unpaired) electrons. The molecule has 1 fully saturated rings. The molecule has 1 saturated heterocycles. The minimum atomic E-state index is -0.432. The third-order valence-electron chi connectivity index (χ3n) is 2.96. The van der Waals surface area contributed by atoms with Gasteiger partial charge in [-0.25, -0.2) is 0 Å². The first-order valence-electron chi connectivity index (χ1n) is 4.93. The third-order valence-corrected chi connectivity index (χ3v) is 2.96. The van der Waals surface area contributed by atoms with Crippen molar-refractivity contribution >= 4 is 11.8 Å². The number of carbonyl (C=O) groups is 2. The molecule has 1 heterocycles. The highest BCUT2D eigenvalue weighted by Gasteiger charge is 2.39. The number of allylic oxidation sites excluding steroid dienone is 1. The van der Waals surface area contributed by atoms with Gasteiger partial charge >= 0.3 is 0 Å². The maximum absolute atomic E-state index is 11.6. The Balaban J connectivity index is 2.14. The zero-order valence-corrected chi connectivity index (χ0v) is 7.98. The second-order valence-electron chi connectivity index (χ2n) is 3.95. The molecule has 0 aromatic heterocycles. The molecule has 2 rings (SSSR count). The zero-order chi connectivity index (χ0) is 10.1. The number of primary amides is 1. The van der Waals surface area contributed by atoms with E-state index in [0.29, 0.717) is 12.3 Å². The lowest BCUT2D eigenvalue weighted by molar-refractivity contribution is -0.132. The molecular weight excluding hydrogens is 180 g/mol. The number of rotatable bonds is 2. The molecule has 1 aliphatic carbocycles. The van der Waals surface area contributed by atoms with E-state index in [1.165, 1.54) is 0 Å². The summed E-state index contributed by atoms with van der Waals surface area (Å²) >= 11 is 0. The molecule has 4 nitrogen and oxygen atoms in total. The van der Waals surface area contributed by atoms with Crippen molar-refractivity contribution in [3.05, 3.63) is 12.2 Å². The van der Waals surface area contributed by atoms with Crippen LogP contribution in [0.2, 0.25) is 0 Å². The fourth-order valence-corrected chi connectivity index (χ4v) is 2.32. The maximum atomic E-state index is 11.6. The van der Waals surface area contributed by atoms with Crippen molar-refractivity contribution < 1.29 is 9.59 Å². The van der Waals surface area contributed by atoms with Crippen molar-refractivity contribution in [2.45, 2.75) is 25.3 Å². The van der Waals surface area contributed by atoms with Crippen LogP contribution in [0.15, 0.2) is 12.2 Å². The number of likely N-dealkylation sites (tertiary alicyclic amines) is 1. The number of nitrogens with two attached hydrogens (primary N) is 1. The normalized spacial score (nSPS) is 30.6. The molecule has 0 aromatic rings. The first-order chi connectivity index (χ1) is 6.68. The van der Waals surface area contributed by atoms with Crippen LogP contribution < -0.4 is 5.73 Å². The largest absolute Gasteiger partial charge is 0.368 e. The van der Waals surface area contributed by atoms with Gasteiger partial charge in [0.25, 0.3) is 0 Å². The van der Waals surface area contributed by atoms with Crippen molar-refractivity contribution in [2.75, 3.05) is 6.54 Å². The van der Waals surface area contributed by atoms with Gasteiger partial charge in [0, 0.05) is 6.42 Å². The van der Waals surface area contributed by atoms with Crippen LogP contribution in [0.25, 0.3) is 0 Å². The molecule has 1 aliphatic heterocycles. The molecule has 2 atom stereocenters. The van der Waals surface area contributed by atoms with Crippen molar-refractivity contribution in [3.63, 3.8) is 0 Å².